The van der Waals surface area contributed by atoms with E-state index in [1.54, 1.807) is 30.1 Å². The van der Waals surface area contributed by atoms with Gasteiger partial charge in [0.2, 0.25) is 0 Å². The Morgan fingerprint density at radius 1 is 1.50 bits per heavy atom. The first-order valence-corrected chi connectivity index (χ1v) is 7.35. The van der Waals surface area contributed by atoms with Crippen LogP contribution in [0.15, 0.2) is 18.3 Å². The lowest BCUT2D eigenvalue weighted by molar-refractivity contribution is 0.0945. The molecule has 1 amide bonds. The quantitative estimate of drug-likeness (QED) is 0.830. The smallest absolute Gasteiger partial charge is 0.272 e. The first-order valence-electron chi connectivity index (χ1n) is 6.12. The molecule has 0 atom stereocenters. The van der Waals surface area contributed by atoms with Crippen molar-refractivity contribution in [3.63, 3.8) is 0 Å². The lowest BCUT2D eigenvalue weighted by Gasteiger charge is -2.29. The van der Waals surface area contributed by atoms with Crippen LogP contribution in [0.4, 0.5) is 5.69 Å². The number of nitrogens with two attached hydrogens (primary N) is 1. The average molecular weight is 267 g/mol. The van der Waals surface area contributed by atoms with Gasteiger partial charge >= 0.3 is 0 Å². The van der Waals surface area contributed by atoms with E-state index in [1.165, 1.54) is 0 Å². The molecule has 0 aliphatic heterocycles. The van der Waals surface area contributed by atoms with Gasteiger partial charge in [-0.2, -0.15) is 11.8 Å². The number of nitrogens with one attached hydrogen (secondary N) is 1. The number of nitrogen functional groups attached to an aromatic ring is 1. The van der Waals surface area contributed by atoms with Crippen molar-refractivity contribution in [2.45, 2.75) is 31.4 Å². The summed E-state index contributed by atoms with van der Waals surface area (Å²) < 4.78 is 0.0964. The lowest BCUT2D eigenvalue weighted by Crippen LogP contribution is -2.40. The second-order valence-electron chi connectivity index (χ2n) is 4.22. The first-order chi connectivity index (χ1) is 8.58. The van der Waals surface area contributed by atoms with Gasteiger partial charge in [0.15, 0.2) is 5.69 Å². The minimum atomic E-state index is -0.201. The highest BCUT2D eigenvalue weighted by molar-refractivity contribution is 8.00. The number of nitrogens with zero attached hydrogens (tertiary/aromatic N) is 1. The van der Waals surface area contributed by atoms with E-state index in [0.29, 0.717) is 17.9 Å². The molecule has 1 aromatic rings. The Balaban J connectivity index is 2.69. The van der Waals surface area contributed by atoms with Gasteiger partial charge in [0.25, 0.3) is 5.91 Å². The van der Waals surface area contributed by atoms with Gasteiger partial charge in [0.05, 0.1) is 5.69 Å². The Morgan fingerprint density at radius 2 is 2.17 bits per heavy atom. The number of thioether (sulfide) groups is 1. The van der Waals surface area contributed by atoms with E-state index in [4.69, 9.17) is 5.73 Å². The van der Waals surface area contributed by atoms with E-state index < -0.39 is 0 Å². The van der Waals surface area contributed by atoms with E-state index in [-0.39, 0.29) is 10.7 Å². The highest BCUT2D eigenvalue weighted by atomic mass is 32.2. The highest BCUT2D eigenvalue weighted by Crippen LogP contribution is 2.29. The Bertz CT molecular complexity index is 397. The Hall–Kier alpha value is -1.23. The third-order valence-corrected chi connectivity index (χ3v) is 4.93. The van der Waals surface area contributed by atoms with Crippen LogP contribution in [0.25, 0.3) is 0 Å². The third kappa shape index (κ3) is 3.38. The molecular formula is C13H21N3OS. The third-order valence-electron chi connectivity index (χ3n) is 3.35. The maximum absolute atomic E-state index is 12.0. The average Bonchev–Trinajstić information content (AvgIpc) is 2.41. The summed E-state index contributed by atoms with van der Waals surface area (Å²) in [6, 6.07) is 3.40. The molecule has 100 valence electrons. The molecule has 5 heteroatoms. The Morgan fingerprint density at radius 3 is 2.67 bits per heavy atom. The molecule has 18 heavy (non-hydrogen) atoms. The van der Waals surface area contributed by atoms with E-state index in [1.807, 2.05) is 0 Å². The van der Waals surface area contributed by atoms with Gasteiger partial charge in [0.1, 0.15) is 0 Å². The van der Waals surface area contributed by atoms with Gasteiger partial charge in [-0.1, -0.05) is 13.8 Å². The molecular weight excluding hydrogens is 246 g/mol. The second-order valence-corrected chi connectivity index (χ2v) is 5.49. The number of carbonyl (C=O) groups excluding carboxylic acids is 1. The van der Waals surface area contributed by atoms with Crippen LogP contribution in [0.3, 0.4) is 0 Å². The fourth-order valence-corrected chi connectivity index (χ4v) is 2.59. The van der Waals surface area contributed by atoms with Crippen LogP contribution in [0.2, 0.25) is 0 Å². The molecule has 0 bridgehead atoms. The van der Waals surface area contributed by atoms with Gasteiger partial charge in [-0.05, 0) is 31.2 Å². The molecule has 1 aromatic heterocycles. The topological polar surface area (TPSA) is 68.0 Å². The van der Waals surface area contributed by atoms with Crippen LogP contribution in [-0.2, 0) is 0 Å². The van der Waals surface area contributed by atoms with Gasteiger partial charge < -0.3 is 11.1 Å². The number of pyridine rings is 1. The molecule has 0 aliphatic rings. The summed E-state index contributed by atoms with van der Waals surface area (Å²) in [5.41, 5.74) is 6.45. The van der Waals surface area contributed by atoms with Crippen molar-refractivity contribution < 1.29 is 4.79 Å². The maximum atomic E-state index is 12.0. The minimum Gasteiger partial charge on any atom is -0.397 e. The molecule has 4 nitrogen and oxygen atoms in total. The van der Waals surface area contributed by atoms with Crippen molar-refractivity contribution in [3.05, 3.63) is 24.0 Å². The fourth-order valence-electron chi connectivity index (χ4n) is 1.79. The molecule has 0 aromatic carbocycles. The van der Waals surface area contributed by atoms with Crippen LogP contribution in [0, 0.1) is 0 Å². The van der Waals surface area contributed by atoms with E-state index >= 15 is 0 Å². The largest absolute Gasteiger partial charge is 0.397 e. The Labute approximate surface area is 113 Å². The molecule has 0 aliphatic carbocycles. The van der Waals surface area contributed by atoms with Crippen LogP contribution >= 0.6 is 11.8 Å². The predicted molar refractivity (Wildman–Crippen MR) is 77.8 cm³/mol. The van der Waals surface area contributed by atoms with E-state index in [0.717, 1.165) is 12.8 Å². The maximum Gasteiger partial charge on any atom is 0.272 e. The zero-order valence-electron chi connectivity index (χ0n) is 11.2. The predicted octanol–water partition coefficient (Wildman–Crippen LogP) is 2.32. The number of anilines is 1. The molecule has 3 N–H and O–H groups in total. The van der Waals surface area contributed by atoms with Crippen molar-refractivity contribution in [1.29, 1.82) is 0 Å². The number of aromatic nitrogens is 1. The summed E-state index contributed by atoms with van der Waals surface area (Å²) in [6.45, 7) is 4.92. The molecule has 0 radical (unpaired) electrons. The summed E-state index contributed by atoms with van der Waals surface area (Å²) >= 11 is 1.79. The number of carbonyl (C=O) groups is 1. The number of hydrogen-bond donors (Lipinski definition) is 2. The first kappa shape index (κ1) is 14.8. The van der Waals surface area contributed by atoms with Gasteiger partial charge in [-0.15, -0.1) is 0 Å². The van der Waals surface area contributed by atoms with Crippen molar-refractivity contribution in [3.8, 4) is 0 Å². The van der Waals surface area contributed by atoms with E-state index in [9.17, 15) is 4.79 Å². The number of rotatable bonds is 6. The summed E-state index contributed by atoms with van der Waals surface area (Å²) in [6.07, 6.45) is 5.69. The summed E-state index contributed by atoms with van der Waals surface area (Å²) in [4.78, 5) is 16.0. The van der Waals surface area contributed by atoms with Crippen LogP contribution in [0.1, 0.15) is 37.2 Å². The van der Waals surface area contributed by atoms with Gasteiger partial charge in [0, 0.05) is 17.5 Å². The van der Waals surface area contributed by atoms with Crippen LogP contribution in [0.5, 0.6) is 0 Å². The molecule has 0 saturated carbocycles. The van der Waals surface area contributed by atoms with Gasteiger partial charge in [-0.3, -0.25) is 4.79 Å². The standard InChI is InChI=1S/C13H21N3OS/c1-4-13(5-2,18-3)9-16-12(17)11-10(14)7-6-8-15-11/h6-8H,4-5,9,14H2,1-3H3,(H,16,17). The monoisotopic (exact) mass is 267 g/mol. The lowest BCUT2D eigenvalue weighted by atomic mass is 10.0. The molecule has 0 fully saturated rings. The highest BCUT2D eigenvalue weighted by Gasteiger charge is 2.26. The SMILES string of the molecule is CCC(CC)(CNC(=O)c1ncccc1N)SC. The molecule has 1 heterocycles. The zero-order valence-corrected chi connectivity index (χ0v) is 12.0. The summed E-state index contributed by atoms with van der Waals surface area (Å²) in [5, 5.41) is 2.93. The molecule has 0 saturated heterocycles. The summed E-state index contributed by atoms with van der Waals surface area (Å²) in [7, 11) is 0. The molecule has 0 spiro atoms. The second kappa shape index (κ2) is 6.64. The normalized spacial score (nSPS) is 11.3. The Kier molecular flexibility index (Phi) is 5.47. The molecule has 1 rings (SSSR count). The summed E-state index contributed by atoms with van der Waals surface area (Å²) in [5.74, 6) is -0.201. The number of hydrogen-bond acceptors (Lipinski definition) is 4. The van der Waals surface area contributed by atoms with Crippen LogP contribution in [-0.4, -0.2) is 28.4 Å². The van der Waals surface area contributed by atoms with Crippen molar-refractivity contribution in [1.82, 2.24) is 10.3 Å². The minimum absolute atomic E-state index is 0.0964. The zero-order chi connectivity index (χ0) is 13.6. The fraction of sp³-hybridized carbons (Fsp3) is 0.538. The van der Waals surface area contributed by atoms with Crippen molar-refractivity contribution >= 4 is 23.4 Å². The van der Waals surface area contributed by atoms with Crippen molar-refractivity contribution in [2.75, 3.05) is 18.5 Å². The van der Waals surface area contributed by atoms with Crippen LogP contribution < -0.4 is 11.1 Å². The number of amides is 1. The van der Waals surface area contributed by atoms with Gasteiger partial charge in [-0.25, -0.2) is 4.98 Å². The van der Waals surface area contributed by atoms with E-state index in [2.05, 4.69) is 30.4 Å². The van der Waals surface area contributed by atoms with Crippen molar-refractivity contribution in [2.24, 2.45) is 0 Å². The molecule has 0 unspecified atom stereocenters.